The molecule has 0 heterocycles. The van der Waals surface area contributed by atoms with Crippen LogP contribution in [0.5, 0.6) is 11.5 Å². The number of rotatable bonds is 6. The van der Waals surface area contributed by atoms with Gasteiger partial charge in [-0.3, -0.25) is 20.4 Å². The second-order valence-electron chi connectivity index (χ2n) is 10.00. The van der Waals surface area contributed by atoms with E-state index in [1.54, 1.807) is 45.9 Å². The summed E-state index contributed by atoms with van der Waals surface area (Å²) in [4.78, 5) is 49.4. The summed E-state index contributed by atoms with van der Waals surface area (Å²) in [6.45, 7) is 7.08. The van der Waals surface area contributed by atoms with Gasteiger partial charge in [-0.15, -0.1) is 0 Å². The molecule has 12 nitrogen and oxygen atoms in total. The normalized spacial score (nSPS) is 11.1. The molecule has 0 atom stereocenters. The van der Waals surface area contributed by atoms with Gasteiger partial charge in [0.15, 0.2) is 0 Å². The zero-order valence-electron chi connectivity index (χ0n) is 22.5. The van der Waals surface area contributed by atoms with E-state index in [1.807, 2.05) is 6.07 Å². The van der Waals surface area contributed by atoms with Crippen molar-refractivity contribution in [2.24, 2.45) is 0 Å². The van der Waals surface area contributed by atoms with Crippen LogP contribution < -0.4 is 32.3 Å². The van der Waals surface area contributed by atoms with Gasteiger partial charge in [-0.2, -0.15) is 0 Å². The van der Waals surface area contributed by atoms with Gasteiger partial charge in [-0.05, 0) is 75.2 Å². The van der Waals surface area contributed by atoms with Gasteiger partial charge in [0.2, 0.25) is 0 Å². The molecule has 0 radical (unpaired) electrons. The number of phenols is 2. The summed E-state index contributed by atoms with van der Waals surface area (Å²) in [6.07, 6.45) is 0. The van der Waals surface area contributed by atoms with Crippen LogP contribution in [0.4, 0.5) is 9.59 Å². The van der Waals surface area contributed by atoms with Crippen LogP contribution in [0.15, 0.2) is 72.8 Å². The maximum absolute atomic E-state index is 12.5. The number of carbonyl (C=O) groups is 4. The standard InChI is InChI=1S/C28H32N6O6/c1-27(2,29-25(39)33-31-23(37)17-8-5-12-21(35)14-17)19-10-7-11-20(16-19)28(3,4)30-26(40)34-32-24(38)18-9-6-13-22(36)15-18/h5-16,35-36H,1-4H3,(H,31,37)(H,32,38)(H2,29,33,39)(H2,30,34,40). The second kappa shape index (κ2) is 12.1. The Balaban J connectivity index is 1.58. The number of hydrazine groups is 2. The highest BCUT2D eigenvalue weighted by Gasteiger charge is 2.28. The number of hydrogen-bond acceptors (Lipinski definition) is 6. The van der Waals surface area contributed by atoms with Crippen molar-refractivity contribution in [2.75, 3.05) is 0 Å². The summed E-state index contributed by atoms with van der Waals surface area (Å²) in [7, 11) is 0. The third-order valence-corrected chi connectivity index (χ3v) is 5.95. The lowest BCUT2D eigenvalue weighted by molar-refractivity contribution is 0.0928. The van der Waals surface area contributed by atoms with Crippen molar-refractivity contribution in [3.05, 3.63) is 95.1 Å². The number of amides is 6. The lowest BCUT2D eigenvalue weighted by atomic mass is 9.87. The molecule has 40 heavy (non-hydrogen) atoms. The van der Waals surface area contributed by atoms with Crippen LogP contribution in [0.25, 0.3) is 0 Å². The van der Waals surface area contributed by atoms with Crippen LogP contribution in [0.1, 0.15) is 59.5 Å². The molecule has 0 aromatic heterocycles. The predicted molar refractivity (Wildman–Crippen MR) is 147 cm³/mol. The summed E-state index contributed by atoms with van der Waals surface area (Å²) >= 11 is 0. The Morgan fingerprint density at radius 2 is 0.925 bits per heavy atom. The van der Waals surface area contributed by atoms with E-state index in [0.29, 0.717) is 11.1 Å². The molecule has 210 valence electrons. The second-order valence-corrected chi connectivity index (χ2v) is 10.00. The Kier molecular flexibility index (Phi) is 8.84. The third kappa shape index (κ3) is 7.87. The largest absolute Gasteiger partial charge is 0.508 e. The summed E-state index contributed by atoms with van der Waals surface area (Å²) in [5.41, 5.74) is 9.14. The monoisotopic (exact) mass is 548 g/mol. The minimum absolute atomic E-state index is 0.0777. The Labute approximate surface area is 231 Å². The number of phenolic OH excluding ortho intramolecular Hbond substituents is 2. The molecule has 12 heteroatoms. The Morgan fingerprint density at radius 1 is 0.550 bits per heavy atom. The maximum Gasteiger partial charge on any atom is 0.334 e. The molecule has 8 N–H and O–H groups in total. The third-order valence-electron chi connectivity index (χ3n) is 5.95. The molecule has 0 bridgehead atoms. The van der Waals surface area contributed by atoms with Gasteiger partial charge < -0.3 is 20.8 Å². The fraction of sp³-hybridized carbons (Fsp3) is 0.214. The molecular formula is C28H32N6O6. The first-order valence-corrected chi connectivity index (χ1v) is 12.2. The highest BCUT2D eigenvalue weighted by molar-refractivity contribution is 5.96. The molecule has 0 fully saturated rings. The number of carbonyl (C=O) groups excluding carboxylic acids is 4. The topological polar surface area (TPSA) is 181 Å². The van der Waals surface area contributed by atoms with E-state index in [2.05, 4.69) is 32.3 Å². The molecule has 0 unspecified atom stereocenters. The average Bonchev–Trinajstić information content (AvgIpc) is 2.90. The molecule has 3 aromatic rings. The molecule has 0 aliphatic heterocycles. The molecule has 0 saturated heterocycles. The van der Waals surface area contributed by atoms with E-state index in [9.17, 15) is 29.4 Å². The fourth-order valence-electron chi connectivity index (χ4n) is 3.74. The molecule has 6 amide bonds. The van der Waals surface area contributed by atoms with Crippen LogP contribution in [0.2, 0.25) is 0 Å². The molecule has 3 rings (SSSR count). The quantitative estimate of drug-likeness (QED) is 0.219. The first-order chi connectivity index (χ1) is 18.8. The number of urea groups is 2. The van der Waals surface area contributed by atoms with Crippen molar-refractivity contribution < 1.29 is 29.4 Å². The molecule has 3 aromatic carbocycles. The maximum atomic E-state index is 12.5. The van der Waals surface area contributed by atoms with Gasteiger partial charge in [-0.25, -0.2) is 20.4 Å². The van der Waals surface area contributed by atoms with E-state index in [-0.39, 0.29) is 22.6 Å². The van der Waals surface area contributed by atoms with Gasteiger partial charge in [0.05, 0.1) is 11.1 Å². The summed E-state index contributed by atoms with van der Waals surface area (Å²) < 4.78 is 0. The van der Waals surface area contributed by atoms with Crippen LogP contribution in [-0.4, -0.2) is 34.1 Å². The van der Waals surface area contributed by atoms with E-state index >= 15 is 0 Å². The van der Waals surface area contributed by atoms with Crippen molar-refractivity contribution in [1.29, 1.82) is 0 Å². The van der Waals surface area contributed by atoms with E-state index < -0.39 is 35.0 Å². The molecule has 0 aliphatic rings. The van der Waals surface area contributed by atoms with Crippen molar-refractivity contribution in [3.63, 3.8) is 0 Å². The minimum atomic E-state index is -0.886. The Morgan fingerprint density at radius 3 is 1.30 bits per heavy atom. The first-order valence-electron chi connectivity index (χ1n) is 12.2. The first kappa shape index (κ1) is 29.3. The van der Waals surface area contributed by atoms with Crippen LogP contribution in [0.3, 0.4) is 0 Å². The number of hydrogen-bond donors (Lipinski definition) is 8. The lowest BCUT2D eigenvalue weighted by Gasteiger charge is -2.31. The fourth-order valence-corrected chi connectivity index (χ4v) is 3.74. The van der Waals surface area contributed by atoms with Crippen molar-refractivity contribution in [2.45, 2.75) is 38.8 Å². The van der Waals surface area contributed by atoms with E-state index in [0.717, 1.165) is 0 Å². The Hall–Kier alpha value is -5.26. The molecule has 0 saturated carbocycles. The van der Waals surface area contributed by atoms with Crippen molar-refractivity contribution in [1.82, 2.24) is 32.3 Å². The smallest absolute Gasteiger partial charge is 0.334 e. The predicted octanol–water partition coefficient (Wildman–Crippen LogP) is 2.86. The number of benzene rings is 3. The molecule has 0 aliphatic carbocycles. The number of aromatic hydroxyl groups is 2. The van der Waals surface area contributed by atoms with Crippen molar-refractivity contribution >= 4 is 23.9 Å². The summed E-state index contributed by atoms with van der Waals surface area (Å²) in [5, 5.41) is 24.6. The SMILES string of the molecule is CC(C)(NC(=O)NNC(=O)c1cccc(O)c1)c1cccc(C(C)(C)NC(=O)NNC(=O)c2cccc(O)c2)c1. The van der Waals surface area contributed by atoms with Crippen LogP contribution in [-0.2, 0) is 11.1 Å². The number of nitrogens with one attached hydrogen (secondary N) is 6. The summed E-state index contributed by atoms with van der Waals surface area (Å²) in [6, 6.07) is 17.3. The average molecular weight is 549 g/mol. The molecule has 0 spiro atoms. The van der Waals surface area contributed by atoms with Gasteiger partial charge in [0.1, 0.15) is 11.5 Å². The lowest BCUT2D eigenvalue weighted by Crippen LogP contribution is -2.53. The van der Waals surface area contributed by atoms with E-state index in [1.165, 1.54) is 48.5 Å². The van der Waals surface area contributed by atoms with Crippen molar-refractivity contribution in [3.8, 4) is 11.5 Å². The van der Waals surface area contributed by atoms with Gasteiger partial charge in [0, 0.05) is 11.1 Å². The molecular weight excluding hydrogens is 516 g/mol. The van der Waals surface area contributed by atoms with Crippen LogP contribution in [0, 0.1) is 0 Å². The Bertz CT molecular complexity index is 1320. The van der Waals surface area contributed by atoms with Gasteiger partial charge in [0.25, 0.3) is 11.8 Å². The highest BCUT2D eigenvalue weighted by Crippen LogP contribution is 2.26. The van der Waals surface area contributed by atoms with E-state index in [4.69, 9.17) is 0 Å². The zero-order chi connectivity index (χ0) is 29.5. The highest BCUT2D eigenvalue weighted by atomic mass is 16.3. The van der Waals surface area contributed by atoms with Gasteiger partial charge in [-0.1, -0.05) is 36.4 Å². The van der Waals surface area contributed by atoms with Gasteiger partial charge >= 0.3 is 12.1 Å². The van der Waals surface area contributed by atoms with Crippen LogP contribution >= 0.6 is 0 Å². The zero-order valence-corrected chi connectivity index (χ0v) is 22.5. The minimum Gasteiger partial charge on any atom is -0.508 e. The summed E-state index contributed by atoms with van der Waals surface area (Å²) in [5.74, 6) is -1.36.